The molecule has 1 heterocycles. The normalized spacial score (nSPS) is 16.5. The zero-order valence-corrected chi connectivity index (χ0v) is 18.9. The molecule has 1 amide bonds. The van der Waals surface area contributed by atoms with E-state index in [1.165, 1.54) is 18.2 Å². The van der Waals surface area contributed by atoms with Crippen LogP contribution in [0.2, 0.25) is 0 Å². The Hall–Kier alpha value is -3.81. The third-order valence-electron chi connectivity index (χ3n) is 5.98. The molecule has 34 heavy (non-hydrogen) atoms. The molecule has 0 bridgehead atoms. The van der Waals surface area contributed by atoms with Crippen LogP contribution in [0.5, 0.6) is 0 Å². The Balaban J connectivity index is 1.58. The maximum atomic E-state index is 14.5. The zero-order valence-electron chi connectivity index (χ0n) is 18.9. The number of amides is 1. The third-order valence-corrected chi connectivity index (χ3v) is 5.98. The Morgan fingerprint density at radius 1 is 1.18 bits per heavy atom. The molecule has 1 aliphatic rings. The molecule has 0 atom stereocenters. The highest BCUT2D eigenvalue weighted by Gasteiger charge is 2.30. The van der Waals surface area contributed by atoms with E-state index in [0.717, 1.165) is 17.2 Å². The van der Waals surface area contributed by atoms with Crippen molar-refractivity contribution in [2.75, 3.05) is 13.6 Å². The van der Waals surface area contributed by atoms with Crippen LogP contribution in [0.1, 0.15) is 25.3 Å². The summed E-state index contributed by atoms with van der Waals surface area (Å²) in [6, 6.07) is 7.88. The van der Waals surface area contributed by atoms with E-state index >= 15 is 0 Å². The van der Waals surface area contributed by atoms with E-state index in [1.54, 1.807) is 32.3 Å². The van der Waals surface area contributed by atoms with Gasteiger partial charge in [-0.3, -0.25) is 9.79 Å². The van der Waals surface area contributed by atoms with Crippen LogP contribution in [-0.2, 0) is 4.79 Å². The number of carbonyl (C=O) groups excluding carboxylic acids is 1. The van der Waals surface area contributed by atoms with Crippen LogP contribution < -0.4 is 11.1 Å². The lowest BCUT2D eigenvalue weighted by atomic mass is 9.78. The standard InChI is InChI=1S/C26H25F3N4O/c1-14(30)18(12-31-2)13-32-26(34)17-7-15(8-17)9-21-22-10-20(28)11-23(29)25(22)33-24(21)16-3-5-19(27)6-4-16/h3-6,9-12,17,33H,7-8,13,30H2,1-2H3,(H,32,34). The molecule has 4 N–H and O–H groups in total. The van der Waals surface area contributed by atoms with Gasteiger partial charge in [0.15, 0.2) is 0 Å². The smallest absolute Gasteiger partial charge is 0.224 e. The number of nitrogens with one attached hydrogen (secondary N) is 2. The van der Waals surface area contributed by atoms with Gasteiger partial charge in [0.2, 0.25) is 5.91 Å². The summed E-state index contributed by atoms with van der Waals surface area (Å²) in [5.41, 5.74) is 10.1. The zero-order chi connectivity index (χ0) is 24.4. The van der Waals surface area contributed by atoms with Gasteiger partial charge in [-0.2, -0.15) is 0 Å². The van der Waals surface area contributed by atoms with Crippen molar-refractivity contribution in [3.63, 3.8) is 0 Å². The summed E-state index contributed by atoms with van der Waals surface area (Å²) in [6.45, 7) is 2.04. The van der Waals surface area contributed by atoms with E-state index in [1.807, 2.05) is 6.08 Å². The Kier molecular flexibility index (Phi) is 6.58. The third kappa shape index (κ3) is 4.76. The molecular formula is C26H25F3N4O. The van der Waals surface area contributed by atoms with Crippen LogP contribution in [0.3, 0.4) is 0 Å². The van der Waals surface area contributed by atoms with Gasteiger partial charge in [0.1, 0.15) is 17.5 Å². The predicted octanol–water partition coefficient (Wildman–Crippen LogP) is 5.10. The molecule has 5 nitrogen and oxygen atoms in total. The van der Waals surface area contributed by atoms with Gasteiger partial charge in [0.05, 0.1) is 11.2 Å². The maximum Gasteiger partial charge on any atom is 0.224 e. The van der Waals surface area contributed by atoms with E-state index in [0.29, 0.717) is 47.3 Å². The summed E-state index contributed by atoms with van der Waals surface area (Å²) in [5, 5.41) is 3.27. The summed E-state index contributed by atoms with van der Waals surface area (Å²) in [6.07, 6.45) is 4.54. The van der Waals surface area contributed by atoms with Crippen molar-refractivity contribution in [2.45, 2.75) is 19.8 Å². The molecular weight excluding hydrogens is 441 g/mol. The lowest BCUT2D eigenvalue weighted by Crippen LogP contribution is -2.37. The number of aromatic nitrogens is 1. The number of nitrogens with two attached hydrogens (primary N) is 1. The summed E-state index contributed by atoms with van der Waals surface area (Å²) in [5.74, 6) is -2.07. The summed E-state index contributed by atoms with van der Waals surface area (Å²) in [7, 11) is 1.64. The molecule has 3 aromatic rings. The van der Waals surface area contributed by atoms with Gasteiger partial charge in [-0.25, -0.2) is 13.2 Å². The number of hydrogen-bond acceptors (Lipinski definition) is 3. The van der Waals surface area contributed by atoms with Crippen LogP contribution in [0.15, 0.2) is 58.2 Å². The molecule has 1 aliphatic carbocycles. The van der Waals surface area contributed by atoms with Crippen molar-refractivity contribution in [3.8, 4) is 11.3 Å². The Morgan fingerprint density at radius 3 is 2.53 bits per heavy atom. The highest BCUT2D eigenvalue weighted by molar-refractivity contribution is 5.98. The number of carbonyl (C=O) groups is 1. The molecule has 4 rings (SSSR count). The molecule has 1 fully saturated rings. The number of fused-ring (bicyclic) bond motifs is 1. The van der Waals surface area contributed by atoms with Crippen LogP contribution in [0.4, 0.5) is 13.2 Å². The van der Waals surface area contributed by atoms with Gasteiger partial charge in [-0.05, 0) is 55.7 Å². The number of halogens is 3. The molecule has 1 saturated carbocycles. The fraction of sp³-hybridized carbons (Fsp3) is 0.231. The van der Waals surface area contributed by atoms with E-state index in [2.05, 4.69) is 15.3 Å². The molecule has 1 aromatic heterocycles. The molecule has 2 aromatic carbocycles. The van der Waals surface area contributed by atoms with Crippen LogP contribution in [0.25, 0.3) is 28.2 Å². The van der Waals surface area contributed by atoms with E-state index in [-0.39, 0.29) is 17.3 Å². The molecule has 0 saturated heterocycles. The number of rotatable bonds is 6. The lowest BCUT2D eigenvalue weighted by Gasteiger charge is -2.28. The number of aliphatic imine (C=N–C) groups is 1. The SMILES string of the molecule is CN=CC(CNC(=O)C1CC(=Cc2c(-c3ccc(F)cc3)[nH]c3c(F)cc(F)cc23)C1)=C(C)N. The Morgan fingerprint density at radius 2 is 1.88 bits per heavy atom. The van der Waals surface area contributed by atoms with Gasteiger partial charge < -0.3 is 16.0 Å². The fourth-order valence-corrected chi connectivity index (χ4v) is 4.08. The lowest BCUT2D eigenvalue weighted by molar-refractivity contribution is -0.125. The second kappa shape index (κ2) is 9.59. The predicted molar refractivity (Wildman–Crippen MR) is 129 cm³/mol. The van der Waals surface area contributed by atoms with Crippen molar-refractivity contribution in [2.24, 2.45) is 16.6 Å². The molecule has 176 valence electrons. The number of hydrogen-bond donors (Lipinski definition) is 3. The monoisotopic (exact) mass is 466 g/mol. The largest absolute Gasteiger partial charge is 0.402 e. The van der Waals surface area contributed by atoms with Gasteiger partial charge in [0, 0.05) is 54.0 Å². The summed E-state index contributed by atoms with van der Waals surface area (Å²) < 4.78 is 41.9. The quantitative estimate of drug-likeness (QED) is 0.442. The van der Waals surface area contributed by atoms with Gasteiger partial charge in [-0.15, -0.1) is 0 Å². The van der Waals surface area contributed by atoms with Gasteiger partial charge >= 0.3 is 0 Å². The van der Waals surface area contributed by atoms with Crippen LogP contribution >= 0.6 is 0 Å². The van der Waals surface area contributed by atoms with Crippen molar-refractivity contribution >= 4 is 29.1 Å². The highest BCUT2D eigenvalue weighted by Crippen LogP contribution is 2.39. The minimum Gasteiger partial charge on any atom is -0.402 e. The number of aromatic amines is 1. The molecule has 0 aliphatic heterocycles. The molecule has 0 radical (unpaired) electrons. The molecule has 8 heteroatoms. The summed E-state index contributed by atoms with van der Waals surface area (Å²) in [4.78, 5) is 19.5. The molecule has 0 spiro atoms. The minimum atomic E-state index is -0.705. The van der Waals surface area contributed by atoms with Gasteiger partial charge in [0.25, 0.3) is 0 Å². The van der Waals surface area contributed by atoms with Crippen molar-refractivity contribution < 1.29 is 18.0 Å². The van der Waals surface area contributed by atoms with Gasteiger partial charge in [-0.1, -0.05) is 11.6 Å². The van der Waals surface area contributed by atoms with Crippen molar-refractivity contribution in [3.05, 3.63) is 76.3 Å². The van der Waals surface area contributed by atoms with Crippen molar-refractivity contribution in [1.29, 1.82) is 0 Å². The van der Waals surface area contributed by atoms with Crippen LogP contribution in [-0.4, -0.2) is 30.7 Å². The first-order chi connectivity index (χ1) is 16.3. The van der Waals surface area contributed by atoms with E-state index in [4.69, 9.17) is 5.73 Å². The Labute approximate surface area is 195 Å². The average molecular weight is 467 g/mol. The second-order valence-corrected chi connectivity index (χ2v) is 8.45. The topological polar surface area (TPSA) is 83.3 Å². The maximum absolute atomic E-state index is 14.5. The number of nitrogens with zero attached hydrogens (tertiary/aromatic N) is 1. The van der Waals surface area contributed by atoms with Crippen molar-refractivity contribution in [1.82, 2.24) is 10.3 Å². The number of H-pyrrole nitrogens is 1. The molecule has 0 unspecified atom stereocenters. The first-order valence-electron chi connectivity index (χ1n) is 10.9. The number of allylic oxidation sites excluding steroid dienone is 2. The fourth-order valence-electron chi connectivity index (χ4n) is 4.08. The van der Waals surface area contributed by atoms with Crippen LogP contribution in [0, 0.1) is 23.4 Å². The average Bonchev–Trinajstić information content (AvgIpc) is 3.12. The Bertz CT molecular complexity index is 1320. The number of benzene rings is 2. The minimum absolute atomic E-state index is 0.0878. The summed E-state index contributed by atoms with van der Waals surface area (Å²) >= 11 is 0. The first-order valence-corrected chi connectivity index (χ1v) is 10.9. The van der Waals surface area contributed by atoms with E-state index in [9.17, 15) is 18.0 Å². The first kappa shape index (κ1) is 23.4. The van der Waals surface area contributed by atoms with E-state index < -0.39 is 17.5 Å². The second-order valence-electron chi connectivity index (χ2n) is 8.45. The highest BCUT2D eigenvalue weighted by atomic mass is 19.1.